The predicted octanol–water partition coefficient (Wildman–Crippen LogP) is 2.46. The van der Waals surface area contributed by atoms with Crippen molar-refractivity contribution in [1.82, 2.24) is 14.9 Å². The second kappa shape index (κ2) is 5.99. The van der Waals surface area contributed by atoms with E-state index in [4.69, 9.17) is 0 Å². The van der Waals surface area contributed by atoms with Gasteiger partial charge >= 0.3 is 0 Å². The Morgan fingerprint density at radius 2 is 2.10 bits per heavy atom. The molecule has 1 aromatic heterocycles. The maximum atomic E-state index is 12.9. The molecule has 5 heteroatoms. The summed E-state index contributed by atoms with van der Waals surface area (Å²) in [5.74, 6) is -0.314. The van der Waals surface area contributed by atoms with Crippen LogP contribution in [0.5, 0.6) is 0 Å². The van der Waals surface area contributed by atoms with Crippen molar-refractivity contribution in [3.8, 4) is 0 Å². The van der Waals surface area contributed by atoms with E-state index in [9.17, 15) is 9.18 Å². The first-order valence-corrected chi connectivity index (χ1v) is 7.05. The van der Waals surface area contributed by atoms with Crippen molar-refractivity contribution in [2.75, 3.05) is 6.54 Å². The third-order valence-electron chi connectivity index (χ3n) is 3.80. The highest BCUT2D eigenvalue weighted by molar-refractivity contribution is 5.92. The number of halogens is 1. The summed E-state index contributed by atoms with van der Waals surface area (Å²) in [7, 11) is 0. The lowest BCUT2D eigenvalue weighted by atomic mass is 10.0. The molecule has 1 saturated heterocycles. The fourth-order valence-corrected chi connectivity index (χ4v) is 2.76. The van der Waals surface area contributed by atoms with Crippen molar-refractivity contribution < 1.29 is 9.18 Å². The fourth-order valence-electron chi connectivity index (χ4n) is 2.76. The van der Waals surface area contributed by atoms with E-state index in [2.05, 4.69) is 9.97 Å². The molecule has 0 bridgehead atoms. The Hall–Kier alpha value is -2.30. The molecule has 1 amide bonds. The van der Waals surface area contributed by atoms with Crippen LogP contribution >= 0.6 is 0 Å². The highest BCUT2D eigenvalue weighted by atomic mass is 19.1. The van der Waals surface area contributed by atoms with E-state index in [0.29, 0.717) is 5.69 Å². The third kappa shape index (κ3) is 3.07. The summed E-state index contributed by atoms with van der Waals surface area (Å²) in [5, 5.41) is 0. The van der Waals surface area contributed by atoms with Crippen molar-refractivity contribution in [3.05, 3.63) is 59.9 Å². The van der Waals surface area contributed by atoms with Gasteiger partial charge in [0.15, 0.2) is 0 Å². The lowest BCUT2D eigenvalue weighted by Gasteiger charge is -2.24. The normalized spacial score (nSPS) is 18.0. The maximum Gasteiger partial charge on any atom is 0.274 e. The van der Waals surface area contributed by atoms with Crippen LogP contribution in [0.3, 0.4) is 0 Å². The molecular weight excluding hydrogens is 269 g/mol. The van der Waals surface area contributed by atoms with Crippen LogP contribution in [0.1, 0.15) is 28.9 Å². The third-order valence-corrected chi connectivity index (χ3v) is 3.80. The van der Waals surface area contributed by atoms with Crippen molar-refractivity contribution in [1.29, 1.82) is 0 Å². The van der Waals surface area contributed by atoms with Gasteiger partial charge < -0.3 is 4.90 Å². The van der Waals surface area contributed by atoms with Gasteiger partial charge in [-0.2, -0.15) is 0 Å². The molecular formula is C16H16FN3O. The van der Waals surface area contributed by atoms with Crippen LogP contribution in [-0.4, -0.2) is 33.4 Å². The number of carbonyl (C=O) groups excluding carboxylic acids is 1. The van der Waals surface area contributed by atoms with Gasteiger partial charge in [0.05, 0.1) is 6.20 Å². The zero-order valence-electron chi connectivity index (χ0n) is 11.6. The maximum absolute atomic E-state index is 12.9. The molecule has 1 aliphatic rings. The van der Waals surface area contributed by atoms with E-state index in [0.717, 1.165) is 31.4 Å². The Balaban J connectivity index is 1.73. The second-order valence-corrected chi connectivity index (χ2v) is 5.22. The molecule has 4 nitrogen and oxygen atoms in total. The predicted molar refractivity (Wildman–Crippen MR) is 76.2 cm³/mol. The number of amides is 1. The minimum absolute atomic E-state index is 0.0762. The van der Waals surface area contributed by atoms with Gasteiger partial charge in [0.2, 0.25) is 0 Å². The molecule has 2 aromatic rings. The number of rotatable bonds is 3. The van der Waals surface area contributed by atoms with E-state index in [1.165, 1.54) is 24.5 Å². The van der Waals surface area contributed by atoms with Gasteiger partial charge in [0.1, 0.15) is 11.5 Å². The molecule has 1 fully saturated rings. The summed E-state index contributed by atoms with van der Waals surface area (Å²) in [6.07, 6.45) is 7.26. The van der Waals surface area contributed by atoms with Gasteiger partial charge in [-0.25, -0.2) is 9.37 Å². The highest BCUT2D eigenvalue weighted by Crippen LogP contribution is 2.23. The summed E-state index contributed by atoms with van der Waals surface area (Å²) < 4.78 is 12.9. The highest BCUT2D eigenvalue weighted by Gasteiger charge is 2.30. The summed E-state index contributed by atoms with van der Waals surface area (Å²) in [4.78, 5) is 22.3. The summed E-state index contributed by atoms with van der Waals surface area (Å²) in [5.41, 5.74) is 1.42. The van der Waals surface area contributed by atoms with Crippen LogP contribution < -0.4 is 0 Å². The number of hydrogen-bond acceptors (Lipinski definition) is 3. The van der Waals surface area contributed by atoms with E-state index in [-0.39, 0.29) is 17.8 Å². The van der Waals surface area contributed by atoms with Crippen molar-refractivity contribution in [3.63, 3.8) is 0 Å². The van der Waals surface area contributed by atoms with Crippen molar-refractivity contribution in [2.45, 2.75) is 25.3 Å². The largest absolute Gasteiger partial charge is 0.334 e. The fraction of sp³-hybridized carbons (Fsp3) is 0.312. The second-order valence-electron chi connectivity index (χ2n) is 5.22. The first-order valence-electron chi connectivity index (χ1n) is 7.05. The van der Waals surface area contributed by atoms with Crippen LogP contribution in [0.15, 0.2) is 42.9 Å². The summed E-state index contributed by atoms with van der Waals surface area (Å²) >= 11 is 0. The van der Waals surface area contributed by atoms with Crippen LogP contribution in [0, 0.1) is 5.82 Å². The molecule has 1 unspecified atom stereocenters. The number of carbonyl (C=O) groups is 1. The molecule has 0 N–H and O–H groups in total. The molecule has 0 aliphatic carbocycles. The average Bonchev–Trinajstić information content (AvgIpc) is 2.98. The monoisotopic (exact) mass is 285 g/mol. The number of aromatic nitrogens is 2. The number of likely N-dealkylation sites (tertiary alicyclic amines) is 1. The molecule has 21 heavy (non-hydrogen) atoms. The van der Waals surface area contributed by atoms with E-state index < -0.39 is 0 Å². The molecule has 3 rings (SSSR count). The van der Waals surface area contributed by atoms with Gasteiger partial charge in [-0.05, 0) is 37.0 Å². The van der Waals surface area contributed by atoms with Crippen molar-refractivity contribution >= 4 is 5.91 Å². The SMILES string of the molecule is O=C(c1cnccn1)N1CCCC1Cc1ccc(F)cc1. The molecule has 108 valence electrons. The molecule has 0 spiro atoms. The van der Waals surface area contributed by atoms with Gasteiger partial charge in [-0.3, -0.25) is 9.78 Å². The zero-order chi connectivity index (χ0) is 14.7. The number of nitrogens with zero attached hydrogens (tertiary/aromatic N) is 3. The summed E-state index contributed by atoms with van der Waals surface area (Å²) in [6.45, 7) is 0.737. The molecule has 1 aliphatic heterocycles. The standard InChI is InChI=1S/C16H16FN3O/c17-13-5-3-12(4-6-13)10-14-2-1-9-20(14)16(21)15-11-18-7-8-19-15/h3-8,11,14H,1-2,9-10H2. The minimum atomic E-state index is -0.238. The molecule has 0 radical (unpaired) electrons. The van der Waals surface area contributed by atoms with Gasteiger partial charge in [0.25, 0.3) is 5.91 Å². The zero-order valence-corrected chi connectivity index (χ0v) is 11.6. The lowest BCUT2D eigenvalue weighted by molar-refractivity contribution is 0.0730. The first kappa shape index (κ1) is 13.7. The molecule has 1 atom stereocenters. The first-order chi connectivity index (χ1) is 10.2. The molecule has 0 saturated carbocycles. The Bertz CT molecular complexity index is 615. The number of hydrogen-bond donors (Lipinski definition) is 0. The van der Waals surface area contributed by atoms with Crippen LogP contribution in [0.2, 0.25) is 0 Å². The lowest BCUT2D eigenvalue weighted by Crippen LogP contribution is -2.37. The molecule has 1 aromatic carbocycles. The summed E-state index contributed by atoms with van der Waals surface area (Å²) in [6, 6.07) is 6.61. The average molecular weight is 285 g/mol. The topological polar surface area (TPSA) is 46.1 Å². The van der Waals surface area contributed by atoms with Crippen LogP contribution in [0.25, 0.3) is 0 Å². The van der Waals surface area contributed by atoms with Gasteiger partial charge in [0, 0.05) is 25.0 Å². The van der Waals surface area contributed by atoms with Crippen molar-refractivity contribution in [2.24, 2.45) is 0 Å². The smallest absolute Gasteiger partial charge is 0.274 e. The Kier molecular flexibility index (Phi) is 3.90. The van der Waals surface area contributed by atoms with E-state index in [1.54, 1.807) is 18.3 Å². The number of benzene rings is 1. The Labute approximate surface area is 122 Å². The van der Waals surface area contributed by atoms with E-state index >= 15 is 0 Å². The molecule has 2 heterocycles. The van der Waals surface area contributed by atoms with Gasteiger partial charge in [-0.15, -0.1) is 0 Å². The van der Waals surface area contributed by atoms with E-state index in [1.807, 2.05) is 4.90 Å². The van der Waals surface area contributed by atoms with Gasteiger partial charge in [-0.1, -0.05) is 12.1 Å². The Morgan fingerprint density at radius 3 is 2.81 bits per heavy atom. The quantitative estimate of drug-likeness (QED) is 0.870. The van der Waals surface area contributed by atoms with Crippen LogP contribution in [0.4, 0.5) is 4.39 Å². The Morgan fingerprint density at radius 1 is 1.29 bits per heavy atom. The minimum Gasteiger partial charge on any atom is -0.334 e. The van der Waals surface area contributed by atoms with Crippen LogP contribution in [-0.2, 0) is 6.42 Å².